The molecule has 2 aromatic heterocycles. The minimum atomic E-state index is -1.01. The van der Waals surface area contributed by atoms with Crippen molar-refractivity contribution in [2.45, 2.75) is 46.6 Å². The summed E-state index contributed by atoms with van der Waals surface area (Å²) in [6.45, 7) is 9.65. The van der Waals surface area contributed by atoms with Gasteiger partial charge in [0.1, 0.15) is 11.5 Å². The van der Waals surface area contributed by atoms with Gasteiger partial charge in [0.25, 0.3) is 5.56 Å². The van der Waals surface area contributed by atoms with E-state index < -0.39 is 18.0 Å². The second kappa shape index (κ2) is 11.2. The number of hydrogen-bond donors (Lipinski definition) is 1. The first-order chi connectivity index (χ1) is 19.6. The van der Waals surface area contributed by atoms with Crippen LogP contribution in [-0.2, 0) is 9.53 Å². The van der Waals surface area contributed by atoms with Crippen LogP contribution in [0, 0.1) is 6.92 Å². The molecule has 0 spiro atoms. The van der Waals surface area contributed by atoms with E-state index in [9.17, 15) is 19.5 Å². The maximum atomic E-state index is 13.9. The topological polar surface area (TPSA) is 111 Å². The number of aromatic carboxylic acids is 1. The van der Waals surface area contributed by atoms with E-state index >= 15 is 0 Å². The predicted octanol–water partition coefficient (Wildman–Crippen LogP) is 5.19. The molecule has 1 N–H and O–H groups in total. The molecule has 0 saturated heterocycles. The van der Waals surface area contributed by atoms with Crippen LogP contribution in [-0.4, -0.2) is 28.2 Å². The quantitative estimate of drug-likeness (QED) is 0.306. The van der Waals surface area contributed by atoms with E-state index in [1.165, 1.54) is 11.3 Å². The number of aromatic nitrogens is 1. The van der Waals surface area contributed by atoms with Crippen molar-refractivity contribution < 1.29 is 23.8 Å². The molecule has 0 bridgehead atoms. The Bertz CT molecular complexity index is 1870. The van der Waals surface area contributed by atoms with Crippen LogP contribution >= 0.6 is 11.3 Å². The van der Waals surface area contributed by atoms with Crippen molar-refractivity contribution in [3.8, 4) is 11.3 Å². The van der Waals surface area contributed by atoms with Crippen LogP contribution in [0.4, 0.5) is 0 Å². The van der Waals surface area contributed by atoms with Gasteiger partial charge in [0.15, 0.2) is 4.80 Å². The van der Waals surface area contributed by atoms with Crippen LogP contribution in [0.2, 0.25) is 0 Å². The molecular formula is C32H30N2O6S. The molecule has 41 heavy (non-hydrogen) atoms. The van der Waals surface area contributed by atoms with E-state index in [0.29, 0.717) is 49.2 Å². The van der Waals surface area contributed by atoms with Gasteiger partial charge in [-0.25, -0.2) is 14.6 Å². The van der Waals surface area contributed by atoms with Crippen LogP contribution in [0.15, 0.2) is 80.1 Å². The number of nitrogens with zero attached hydrogens (tertiary/aromatic N) is 2. The summed E-state index contributed by atoms with van der Waals surface area (Å²) in [4.78, 5) is 43.6. The number of rotatable bonds is 7. The number of carbonyl (C=O) groups is 2. The number of esters is 1. The Labute approximate surface area is 240 Å². The molecule has 2 aromatic carbocycles. The molecule has 5 rings (SSSR count). The SMILES string of the molecule is CCOC(=O)C1=C(C)N=c2s/c(=C\c3ccc(-c4cccc(C(=O)O)c4C)o3)c(=O)n2[C@H]1c1ccc(C(C)C)cc1. The number of ether oxygens (including phenoxy) is 1. The van der Waals surface area contributed by atoms with Crippen LogP contribution in [0.3, 0.4) is 0 Å². The van der Waals surface area contributed by atoms with Crippen molar-refractivity contribution in [2.75, 3.05) is 6.61 Å². The molecule has 0 fully saturated rings. The first-order valence-corrected chi connectivity index (χ1v) is 14.1. The van der Waals surface area contributed by atoms with E-state index in [-0.39, 0.29) is 17.7 Å². The monoisotopic (exact) mass is 570 g/mol. The second-order valence-electron chi connectivity index (χ2n) is 10.1. The maximum absolute atomic E-state index is 13.9. The van der Waals surface area contributed by atoms with Crippen molar-refractivity contribution in [2.24, 2.45) is 4.99 Å². The van der Waals surface area contributed by atoms with E-state index in [4.69, 9.17) is 9.15 Å². The van der Waals surface area contributed by atoms with Crippen LogP contribution in [0.5, 0.6) is 0 Å². The number of thiazole rings is 1. The van der Waals surface area contributed by atoms with Gasteiger partial charge in [-0.2, -0.15) is 0 Å². The molecule has 0 amide bonds. The van der Waals surface area contributed by atoms with Gasteiger partial charge < -0.3 is 14.3 Å². The van der Waals surface area contributed by atoms with E-state index in [0.717, 1.165) is 11.1 Å². The first kappa shape index (κ1) is 28.0. The lowest BCUT2D eigenvalue weighted by Gasteiger charge is -2.25. The summed E-state index contributed by atoms with van der Waals surface area (Å²) < 4.78 is 13.3. The van der Waals surface area contributed by atoms with Gasteiger partial charge in [-0.15, -0.1) is 0 Å². The zero-order valence-corrected chi connectivity index (χ0v) is 24.2. The molecule has 0 radical (unpaired) electrons. The minimum absolute atomic E-state index is 0.197. The minimum Gasteiger partial charge on any atom is -0.478 e. The fourth-order valence-corrected chi connectivity index (χ4v) is 6.04. The lowest BCUT2D eigenvalue weighted by atomic mass is 9.93. The number of allylic oxidation sites excluding steroid dienone is 1. The second-order valence-corrected chi connectivity index (χ2v) is 11.1. The fourth-order valence-electron chi connectivity index (χ4n) is 5.01. The Hall–Kier alpha value is -4.50. The number of carboxylic acids is 1. The zero-order chi connectivity index (χ0) is 29.4. The maximum Gasteiger partial charge on any atom is 0.338 e. The number of furan rings is 1. The van der Waals surface area contributed by atoms with Crippen molar-refractivity contribution in [1.29, 1.82) is 0 Å². The van der Waals surface area contributed by atoms with Gasteiger partial charge in [-0.3, -0.25) is 9.36 Å². The Balaban J connectivity index is 1.62. The molecule has 0 saturated carbocycles. The van der Waals surface area contributed by atoms with Crippen molar-refractivity contribution in [3.63, 3.8) is 0 Å². The lowest BCUT2D eigenvalue weighted by molar-refractivity contribution is -0.139. The Kier molecular flexibility index (Phi) is 7.64. The van der Waals surface area contributed by atoms with E-state index in [1.54, 1.807) is 61.7 Å². The number of hydrogen-bond acceptors (Lipinski definition) is 7. The highest BCUT2D eigenvalue weighted by atomic mass is 32.1. The van der Waals surface area contributed by atoms with Crippen molar-refractivity contribution in [3.05, 3.63) is 114 Å². The summed E-state index contributed by atoms with van der Waals surface area (Å²) >= 11 is 1.21. The van der Waals surface area contributed by atoms with Crippen molar-refractivity contribution in [1.82, 2.24) is 4.57 Å². The average Bonchev–Trinajstić information content (AvgIpc) is 3.52. The molecule has 3 heterocycles. The Morgan fingerprint density at radius 1 is 1.12 bits per heavy atom. The molecule has 9 heteroatoms. The number of fused-ring (bicyclic) bond motifs is 1. The van der Waals surface area contributed by atoms with Gasteiger partial charge in [0, 0.05) is 11.6 Å². The van der Waals surface area contributed by atoms with Gasteiger partial charge in [0.2, 0.25) is 0 Å². The highest BCUT2D eigenvalue weighted by Gasteiger charge is 2.33. The summed E-state index contributed by atoms with van der Waals surface area (Å²) in [6.07, 6.45) is 1.64. The van der Waals surface area contributed by atoms with Gasteiger partial charge in [0.05, 0.1) is 34.0 Å². The molecule has 1 aliphatic heterocycles. The third kappa shape index (κ3) is 5.20. The highest BCUT2D eigenvalue weighted by Crippen LogP contribution is 2.32. The average molecular weight is 571 g/mol. The molecule has 1 aliphatic rings. The number of benzene rings is 2. The van der Waals surface area contributed by atoms with Gasteiger partial charge in [-0.1, -0.05) is 61.6 Å². The van der Waals surface area contributed by atoms with E-state index in [1.807, 2.05) is 24.3 Å². The normalized spacial score (nSPS) is 15.2. The van der Waals surface area contributed by atoms with Crippen molar-refractivity contribution >= 4 is 29.4 Å². The fraction of sp³-hybridized carbons (Fsp3) is 0.250. The molecule has 0 unspecified atom stereocenters. The van der Waals surface area contributed by atoms with E-state index in [2.05, 4.69) is 18.8 Å². The van der Waals surface area contributed by atoms with Crippen LogP contribution < -0.4 is 14.9 Å². The summed E-state index contributed by atoms with van der Waals surface area (Å²) in [5.41, 5.74) is 3.91. The third-order valence-corrected chi connectivity index (χ3v) is 8.15. The lowest BCUT2D eigenvalue weighted by Crippen LogP contribution is -2.39. The smallest absolute Gasteiger partial charge is 0.338 e. The standard InChI is InChI=1S/C32H30N2O6S/c1-6-39-31(38)27-19(5)33-32-34(28(27)21-12-10-20(11-13-21)17(2)3)29(35)26(41-32)16-22-14-15-25(40-22)23-8-7-9-24(18(23)4)30(36)37/h7-17,28H,6H2,1-5H3,(H,36,37)/b26-16-/t28-/m0/s1. The summed E-state index contributed by atoms with van der Waals surface area (Å²) in [6, 6.07) is 15.7. The molecule has 8 nitrogen and oxygen atoms in total. The Morgan fingerprint density at radius 3 is 2.51 bits per heavy atom. The zero-order valence-electron chi connectivity index (χ0n) is 23.4. The molecule has 0 aliphatic carbocycles. The molecule has 210 valence electrons. The summed E-state index contributed by atoms with van der Waals surface area (Å²) in [5.74, 6) is -0.252. The van der Waals surface area contributed by atoms with Gasteiger partial charge in [-0.05, 0) is 61.6 Å². The molecule has 4 aromatic rings. The van der Waals surface area contributed by atoms with Crippen LogP contribution in [0.1, 0.15) is 72.5 Å². The largest absolute Gasteiger partial charge is 0.478 e. The predicted molar refractivity (Wildman–Crippen MR) is 157 cm³/mol. The van der Waals surface area contributed by atoms with Crippen LogP contribution in [0.25, 0.3) is 17.4 Å². The molecule has 1 atom stereocenters. The summed E-state index contributed by atoms with van der Waals surface area (Å²) in [7, 11) is 0. The Morgan fingerprint density at radius 2 is 1.85 bits per heavy atom. The van der Waals surface area contributed by atoms with Gasteiger partial charge >= 0.3 is 11.9 Å². The highest BCUT2D eigenvalue weighted by molar-refractivity contribution is 7.07. The number of carbonyl (C=O) groups excluding carboxylic acids is 1. The third-order valence-electron chi connectivity index (χ3n) is 7.17. The number of carboxylic acid groups (broad SMARTS) is 1. The molecular weight excluding hydrogens is 540 g/mol. The first-order valence-electron chi connectivity index (χ1n) is 13.3. The summed E-state index contributed by atoms with van der Waals surface area (Å²) in [5, 5.41) is 9.48.